The molecule has 6 heteroatoms. The minimum absolute atomic E-state index is 0.0269. The van der Waals surface area contributed by atoms with E-state index in [0.29, 0.717) is 11.3 Å². The van der Waals surface area contributed by atoms with E-state index in [9.17, 15) is 4.79 Å². The van der Waals surface area contributed by atoms with Gasteiger partial charge in [-0.25, -0.2) is 4.99 Å². The fourth-order valence-electron chi connectivity index (χ4n) is 1.78. The Balaban J connectivity index is 2.23. The van der Waals surface area contributed by atoms with Crippen molar-refractivity contribution in [3.8, 4) is 0 Å². The third-order valence-electron chi connectivity index (χ3n) is 2.73. The molecule has 0 saturated carbocycles. The molecule has 4 nitrogen and oxygen atoms in total. The van der Waals surface area contributed by atoms with Crippen LogP contribution in [0.4, 0.5) is 5.69 Å². The summed E-state index contributed by atoms with van der Waals surface area (Å²) in [6.45, 7) is 0. The van der Waals surface area contributed by atoms with Crippen LogP contribution in [-0.4, -0.2) is 12.2 Å². The van der Waals surface area contributed by atoms with E-state index in [-0.39, 0.29) is 5.96 Å². The van der Waals surface area contributed by atoms with Crippen LogP contribution in [0.1, 0.15) is 15.9 Å². The Labute approximate surface area is 135 Å². The summed E-state index contributed by atoms with van der Waals surface area (Å²) in [6.07, 6.45) is 0.865. The SMILES string of the molecule is NC(N)=Nc1ccccc1SCc1cc(Br)ccc1C=O. The summed E-state index contributed by atoms with van der Waals surface area (Å²) < 4.78 is 0.946. The summed E-state index contributed by atoms with van der Waals surface area (Å²) in [7, 11) is 0. The summed E-state index contributed by atoms with van der Waals surface area (Å²) in [5.74, 6) is 0.684. The number of aldehydes is 1. The van der Waals surface area contributed by atoms with Crippen LogP contribution < -0.4 is 11.5 Å². The quantitative estimate of drug-likeness (QED) is 0.368. The number of para-hydroxylation sites is 1. The van der Waals surface area contributed by atoms with E-state index in [1.165, 1.54) is 0 Å². The van der Waals surface area contributed by atoms with E-state index < -0.39 is 0 Å². The van der Waals surface area contributed by atoms with Crippen LogP contribution in [0.3, 0.4) is 0 Å². The van der Waals surface area contributed by atoms with Gasteiger partial charge in [0.25, 0.3) is 0 Å². The number of guanidine groups is 1. The molecule has 0 atom stereocenters. The highest BCUT2D eigenvalue weighted by molar-refractivity contribution is 9.10. The van der Waals surface area contributed by atoms with Crippen molar-refractivity contribution in [3.63, 3.8) is 0 Å². The van der Waals surface area contributed by atoms with Gasteiger partial charge in [-0.1, -0.05) is 34.1 Å². The second kappa shape index (κ2) is 7.28. The molecule has 0 saturated heterocycles. The third-order valence-corrected chi connectivity index (χ3v) is 4.33. The third kappa shape index (κ3) is 4.34. The summed E-state index contributed by atoms with van der Waals surface area (Å²) in [4.78, 5) is 16.1. The average molecular weight is 364 g/mol. The summed E-state index contributed by atoms with van der Waals surface area (Å²) in [5, 5.41) is 0. The molecule has 2 aromatic rings. The molecule has 0 aromatic heterocycles. The van der Waals surface area contributed by atoms with Gasteiger partial charge in [0.1, 0.15) is 6.29 Å². The van der Waals surface area contributed by atoms with Gasteiger partial charge < -0.3 is 11.5 Å². The molecule has 21 heavy (non-hydrogen) atoms. The molecule has 0 aliphatic carbocycles. The molecule has 0 aliphatic heterocycles. The fraction of sp³-hybridized carbons (Fsp3) is 0.0667. The number of carbonyl (C=O) groups is 1. The monoisotopic (exact) mass is 363 g/mol. The Kier molecular flexibility index (Phi) is 5.41. The molecule has 0 bridgehead atoms. The van der Waals surface area contributed by atoms with Crippen LogP contribution in [0.25, 0.3) is 0 Å². The molecule has 0 aliphatic rings. The van der Waals surface area contributed by atoms with Gasteiger partial charge in [0.2, 0.25) is 0 Å². The molecule has 4 N–H and O–H groups in total. The van der Waals surface area contributed by atoms with Crippen molar-refractivity contribution in [2.45, 2.75) is 10.6 Å². The van der Waals surface area contributed by atoms with Crippen LogP contribution in [-0.2, 0) is 5.75 Å². The lowest BCUT2D eigenvalue weighted by molar-refractivity contribution is 0.112. The number of aliphatic imine (C=N–C) groups is 1. The number of hydrogen-bond donors (Lipinski definition) is 2. The number of benzene rings is 2. The van der Waals surface area contributed by atoms with Crippen LogP contribution in [0.2, 0.25) is 0 Å². The van der Waals surface area contributed by atoms with Gasteiger partial charge in [-0.3, -0.25) is 4.79 Å². The normalized spacial score (nSPS) is 10.1. The van der Waals surface area contributed by atoms with Crippen LogP contribution in [0.5, 0.6) is 0 Å². The first-order valence-corrected chi connectivity index (χ1v) is 7.93. The van der Waals surface area contributed by atoms with Gasteiger partial charge in [-0.05, 0) is 29.8 Å². The topological polar surface area (TPSA) is 81.5 Å². The van der Waals surface area contributed by atoms with E-state index in [1.807, 2.05) is 36.4 Å². The molecule has 0 heterocycles. The molecule has 0 unspecified atom stereocenters. The number of nitrogens with zero attached hydrogens (tertiary/aromatic N) is 1. The van der Waals surface area contributed by atoms with E-state index >= 15 is 0 Å². The first-order valence-electron chi connectivity index (χ1n) is 6.15. The van der Waals surface area contributed by atoms with Crippen LogP contribution in [0.15, 0.2) is 56.8 Å². The molecule has 0 fully saturated rings. The summed E-state index contributed by atoms with van der Waals surface area (Å²) in [6, 6.07) is 13.2. The van der Waals surface area contributed by atoms with Crippen molar-refractivity contribution >= 4 is 45.6 Å². The zero-order chi connectivity index (χ0) is 15.2. The zero-order valence-electron chi connectivity index (χ0n) is 11.1. The van der Waals surface area contributed by atoms with Crippen LogP contribution >= 0.6 is 27.7 Å². The Bertz CT molecular complexity index is 684. The number of halogens is 1. The largest absolute Gasteiger partial charge is 0.370 e. The molecule has 0 amide bonds. The maximum Gasteiger partial charge on any atom is 0.191 e. The van der Waals surface area contributed by atoms with Crippen molar-refractivity contribution in [3.05, 3.63) is 58.1 Å². The smallest absolute Gasteiger partial charge is 0.191 e. The lowest BCUT2D eigenvalue weighted by Gasteiger charge is -2.08. The molecule has 2 aromatic carbocycles. The molecular weight excluding hydrogens is 350 g/mol. The fourth-order valence-corrected chi connectivity index (χ4v) is 3.19. The zero-order valence-corrected chi connectivity index (χ0v) is 13.5. The predicted octanol–water partition coefficient (Wildman–Crippen LogP) is 3.46. The number of carbonyl (C=O) groups excluding carboxylic acids is 1. The first-order chi connectivity index (χ1) is 10.1. The Morgan fingerprint density at radius 3 is 2.71 bits per heavy atom. The van der Waals surface area contributed by atoms with Crippen LogP contribution in [0, 0.1) is 0 Å². The van der Waals surface area contributed by atoms with Gasteiger partial charge in [0.05, 0.1) is 5.69 Å². The van der Waals surface area contributed by atoms with Crippen molar-refractivity contribution in [1.29, 1.82) is 0 Å². The molecular formula is C15H14BrN3OS. The Morgan fingerprint density at radius 1 is 1.24 bits per heavy atom. The van der Waals surface area contributed by atoms with E-state index in [2.05, 4.69) is 20.9 Å². The van der Waals surface area contributed by atoms with Gasteiger partial charge in [-0.2, -0.15) is 0 Å². The van der Waals surface area contributed by atoms with Crippen molar-refractivity contribution < 1.29 is 4.79 Å². The lowest BCUT2D eigenvalue weighted by Crippen LogP contribution is -2.21. The highest BCUT2D eigenvalue weighted by Crippen LogP contribution is 2.32. The maximum atomic E-state index is 11.1. The van der Waals surface area contributed by atoms with Gasteiger partial charge >= 0.3 is 0 Å². The molecule has 108 valence electrons. The molecule has 0 radical (unpaired) electrons. The second-order valence-corrected chi connectivity index (χ2v) is 6.19. The van der Waals surface area contributed by atoms with Gasteiger partial charge in [0.15, 0.2) is 5.96 Å². The van der Waals surface area contributed by atoms with Crippen molar-refractivity contribution in [2.75, 3.05) is 0 Å². The highest BCUT2D eigenvalue weighted by Gasteiger charge is 2.06. The standard InChI is InChI=1S/C15H14BrN3OS/c16-12-6-5-10(8-20)11(7-12)9-21-14-4-2-1-3-13(14)19-15(17)18/h1-8H,9H2,(H4,17,18,19). The highest BCUT2D eigenvalue weighted by atomic mass is 79.9. The van der Waals surface area contributed by atoms with Crippen molar-refractivity contribution in [2.24, 2.45) is 16.5 Å². The molecule has 2 rings (SSSR count). The van der Waals surface area contributed by atoms with E-state index in [4.69, 9.17) is 11.5 Å². The predicted molar refractivity (Wildman–Crippen MR) is 91.0 cm³/mol. The molecule has 0 spiro atoms. The Morgan fingerprint density at radius 2 is 2.00 bits per heavy atom. The van der Waals surface area contributed by atoms with Crippen molar-refractivity contribution in [1.82, 2.24) is 0 Å². The number of nitrogens with two attached hydrogens (primary N) is 2. The minimum Gasteiger partial charge on any atom is -0.370 e. The van der Waals surface area contributed by atoms with E-state index in [0.717, 1.165) is 26.9 Å². The second-order valence-electron chi connectivity index (χ2n) is 4.25. The summed E-state index contributed by atoms with van der Waals surface area (Å²) >= 11 is 5.00. The number of hydrogen-bond acceptors (Lipinski definition) is 3. The average Bonchev–Trinajstić information content (AvgIpc) is 2.46. The minimum atomic E-state index is 0.0269. The maximum absolute atomic E-state index is 11.1. The number of thioether (sulfide) groups is 1. The van der Waals surface area contributed by atoms with Gasteiger partial charge in [0, 0.05) is 20.7 Å². The lowest BCUT2D eigenvalue weighted by atomic mass is 10.1. The number of rotatable bonds is 5. The summed E-state index contributed by atoms with van der Waals surface area (Å²) in [5.41, 5.74) is 13.2. The Hall–Kier alpha value is -1.79. The first kappa shape index (κ1) is 15.6. The van der Waals surface area contributed by atoms with E-state index in [1.54, 1.807) is 17.8 Å². The van der Waals surface area contributed by atoms with Gasteiger partial charge in [-0.15, -0.1) is 11.8 Å².